The molecule has 0 spiro atoms. The number of benzene rings is 1. The molecule has 2 N–H and O–H groups in total. The Balaban J connectivity index is 0.00000208. The van der Waals surface area contributed by atoms with Crippen LogP contribution in [-0.4, -0.2) is 22.8 Å². The van der Waals surface area contributed by atoms with Crippen molar-refractivity contribution in [3.05, 3.63) is 70.7 Å². The number of aliphatic imine (C=N–C) groups is 1. The van der Waals surface area contributed by atoms with E-state index in [9.17, 15) is 0 Å². The molecule has 0 radical (unpaired) electrons. The minimum absolute atomic E-state index is 0. The van der Waals surface area contributed by atoms with Gasteiger partial charge in [-0.2, -0.15) is 16.4 Å². The number of hydrogen-bond acceptors (Lipinski definition) is 3. The highest BCUT2D eigenvalue weighted by atomic mass is 127. The third-order valence-corrected chi connectivity index (χ3v) is 4.16. The van der Waals surface area contributed by atoms with Crippen LogP contribution in [0, 0.1) is 0 Å². The molecule has 0 bridgehead atoms. The fraction of sp³-hybridized carbons (Fsp3) is 0.176. The van der Waals surface area contributed by atoms with E-state index in [2.05, 4.69) is 61.8 Å². The number of aromatic nitrogens is 2. The molecule has 126 valence electrons. The SMILES string of the molecule is CN=C(NCc1ccc(-n2cccn2)cc1)NCc1ccsc1.I. The highest BCUT2D eigenvalue weighted by Gasteiger charge is 2.01. The molecule has 0 saturated carbocycles. The molecule has 0 aliphatic heterocycles. The number of thiophene rings is 1. The molecule has 2 heterocycles. The number of nitrogens with one attached hydrogen (secondary N) is 2. The van der Waals surface area contributed by atoms with Crippen molar-refractivity contribution < 1.29 is 0 Å². The largest absolute Gasteiger partial charge is 0.352 e. The molecule has 3 rings (SSSR count). The van der Waals surface area contributed by atoms with Gasteiger partial charge in [-0.3, -0.25) is 4.99 Å². The average molecular weight is 453 g/mol. The van der Waals surface area contributed by atoms with Gasteiger partial charge in [-0.1, -0.05) is 12.1 Å². The predicted octanol–water partition coefficient (Wildman–Crippen LogP) is 3.42. The lowest BCUT2D eigenvalue weighted by molar-refractivity contribution is 0.809. The van der Waals surface area contributed by atoms with Gasteiger partial charge < -0.3 is 10.6 Å². The van der Waals surface area contributed by atoms with Gasteiger partial charge in [0.15, 0.2) is 5.96 Å². The van der Waals surface area contributed by atoms with Gasteiger partial charge in [0.05, 0.1) is 5.69 Å². The normalized spacial score (nSPS) is 11.0. The first-order chi connectivity index (χ1) is 11.3. The van der Waals surface area contributed by atoms with Gasteiger partial charge in [0.2, 0.25) is 0 Å². The van der Waals surface area contributed by atoms with Crippen LogP contribution in [0.1, 0.15) is 11.1 Å². The van der Waals surface area contributed by atoms with E-state index in [4.69, 9.17) is 0 Å². The van der Waals surface area contributed by atoms with Crippen molar-refractivity contribution >= 4 is 41.3 Å². The fourth-order valence-corrected chi connectivity index (χ4v) is 2.84. The van der Waals surface area contributed by atoms with Crippen molar-refractivity contribution in [3.63, 3.8) is 0 Å². The number of nitrogens with zero attached hydrogens (tertiary/aromatic N) is 3. The summed E-state index contributed by atoms with van der Waals surface area (Å²) in [6.45, 7) is 1.50. The van der Waals surface area contributed by atoms with Gasteiger partial charge in [0.1, 0.15) is 0 Å². The predicted molar refractivity (Wildman–Crippen MR) is 110 cm³/mol. The summed E-state index contributed by atoms with van der Waals surface area (Å²) < 4.78 is 1.85. The maximum absolute atomic E-state index is 4.24. The highest BCUT2D eigenvalue weighted by Crippen LogP contribution is 2.08. The molecule has 2 aromatic heterocycles. The Morgan fingerprint density at radius 2 is 1.88 bits per heavy atom. The Kier molecular flexibility index (Phi) is 7.26. The van der Waals surface area contributed by atoms with E-state index in [1.807, 2.05) is 16.9 Å². The molecule has 0 fully saturated rings. The summed E-state index contributed by atoms with van der Waals surface area (Å²) in [7, 11) is 1.78. The lowest BCUT2D eigenvalue weighted by Crippen LogP contribution is -2.36. The first kappa shape index (κ1) is 18.5. The molecule has 0 amide bonds. The average Bonchev–Trinajstić information content (AvgIpc) is 3.29. The van der Waals surface area contributed by atoms with E-state index in [-0.39, 0.29) is 24.0 Å². The third kappa shape index (κ3) is 5.07. The van der Waals surface area contributed by atoms with Crippen LogP contribution in [0.5, 0.6) is 0 Å². The molecule has 0 unspecified atom stereocenters. The minimum atomic E-state index is 0. The topological polar surface area (TPSA) is 54.2 Å². The second-order valence-electron chi connectivity index (χ2n) is 5.03. The zero-order chi connectivity index (χ0) is 15.9. The van der Waals surface area contributed by atoms with Gasteiger partial charge >= 0.3 is 0 Å². The molecule has 0 aliphatic carbocycles. The Morgan fingerprint density at radius 1 is 1.12 bits per heavy atom. The molecule has 3 aromatic rings. The maximum atomic E-state index is 4.24. The molecule has 24 heavy (non-hydrogen) atoms. The van der Waals surface area contributed by atoms with Crippen LogP contribution in [0.3, 0.4) is 0 Å². The van der Waals surface area contributed by atoms with Gasteiger partial charge in [-0.15, -0.1) is 24.0 Å². The number of halogens is 1. The summed E-state index contributed by atoms with van der Waals surface area (Å²) in [6.07, 6.45) is 3.71. The van der Waals surface area contributed by atoms with E-state index < -0.39 is 0 Å². The Bertz CT molecular complexity index is 736. The van der Waals surface area contributed by atoms with Crippen LogP contribution in [0.2, 0.25) is 0 Å². The van der Waals surface area contributed by atoms with Crippen LogP contribution in [-0.2, 0) is 13.1 Å². The smallest absolute Gasteiger partial charge is 0.191 e. The molecule has 1 aromatic carbocycles. The van der Waals surface area contributed by atoms with E-state index in [1.165, 1.54) is 11.1 Å². The second kappa shape index (κ2) is 9.43. The molecular formula is C17H20IN5S. The van der Waals surface area contributed by atoms with Gasteiger partial charge in [-0.05, 0) is 46.2 Å². The molecule has 0 atom stereocenters. The second-order valence-corrected chi connectivity index (χ2v) is 5.81. The van der Waals surface area contributed by atoms with Crippen molar-refractivity contribution in [1.82, 2.24) is 20.4 Å². The first-order valence-corrected chi connectivity index (χ1v) is 8.34. The minimum Gasteiger partial charge on any atom is -0.352 e. The van der Waals surface area contributed by atoms with Crippen LogP contribution in [0.15, 0.2) is 64.5 Å². The summed E-state index contributed by atoms with van der Waals surface area (Å²) in [4.78, 5) is 4.24. The Labute approximate surface area is 162 Å². The third-order valence-electron chi connectivity index (χ3n) is 3.43. The quantitative estimate of drug-likeness (QED) is 0.354. The monoisotopic (exact) mass is 453 g/mol. The number of guanidine groups is 1. The molecule has 0 aliphatic rings. The number of rotatable bonds is 5. The van der Waals surface area contributed by atoms with Gasteiger partial charge in [-0.25, -0.2) is 4.68 Å². The lowest BCUT2D eigenvalue weighted by Gasteiger charge is -2.11. The summed E-state index contributed by atoms with van der Waals surface area (Å²) in [6, 6.07) is 12.3. The molecule has 5 nitrogen and oxygen atoms in total. The zero-order valence-electron chi connectivity index (χ0n) is 13.3. The van der Waals surface area contributed by atoms with Crippen molar-refractivity contribution in [3.8, 4) is 5.69 Å². The standard InChI is InChI=1S/C17H19N5S.HI/c1-18-17(20-12-15-7-10-23-13-15)19-11-14-3-5-16(6-4-14)22-9-2-8-21-22;/h2-10,13H,11-12H2,1H3,(H2,18,19,20);1H. The van der Waals surface area contributed by atoms with Crippen molar-refractivity contribution in [2.24, 2.45) is 4.99 Å². The molecule has 7 heteroatoms. The van der Waals surface area contributed by atoms with Gasteiger partial charge in [0.25, 0.3) is 0 Å². The zero-order valence-corrected chi connectivity index (χ0v) is 16.5. The van der Waals surface area contributed by atoms with E-state index in [0.29, 0.717) is 0 Å². The van der Waals surface area contributed by atoms with E-state index >= 15 is 0 Å². The maximum Gasteiger partial charge on any atom is 0.191 e. The summed E-state index contributed by atoms with van der Waals surface area (Å²) in [5.41, 5.74) is 3.51. The van der Waals surface area contributed by atoms with Crippen LogP contribution in [0.25, 0.3) is 5.69 Å². The number of hydrogen-bond donors (Lipinski definition) is 2. The summed E-state index contributed by atoms with van der Waals surface area (Å²) >= 11 is 1.70. The van der Waals surface area contributed by atoms with Crippen LogP contribution >= 0.6 is 35.3 Å². The van der Waals surface area contributed by atoms with Crippen molar-refractivity contribution in [2.45, 2.75) is 13.1 Å². The van der Waals surface area contributed by atoms with E-state index in [1.54, 1.807) is 24.6 Å². The summed E-state index contributed by atoms with van der Waals surface area (Å²) in [5, 5.41) is 15.1. The van der Waals surface area contributed by atoms with Crippen LogP contribution in [0.4, 0.5) is 0 Å². The van der Waals surface area contributed by atoms with Crippen LogP contribution < -0.4 is 10.6 Å². The Morgan fingerprint density at radius 3 is 2.46 bits per heavy atom. The highest BCUT2D eigenvalue weighted by molar-refractivity contribution is 14.0. The van der Waals surface area contributed by atoms with Gasteiger partial charge in [0, 0.05) is 32.5 Å². The van der Waals surface area contributed by atoms with Crippen molar-refractivity contribution in [1.29, 1.82) is 0 Å². The van der Waals surface area contributed by atoms with Crippen molar-refractivity contribution in [2.75, 3.05) is 7.05 Å². The first-order valence-electron chi connectivity index (χ1n) is 7.40. The fourth-order valence-electron chi connectivity index (χ4n) is 2.17. The summed E-state index contributed by atoms with van der Waals surface area (Å²) in [5.74, 6) is 0.798. The molecular weight excluding hydrogens is 433 g/mol. The van der Waals surface area contributed by atoms with E-state index in [0.717, 1.165) is 24.7 Å². The molecule has 0 saturated heterocycles. The Hall–Kier alpha value is -1.87. The lowest BCUT2D eigenvalue weighted by atomic mass is 10.2.